The maximum Gasteiger partial charge on any atom is 0.334 e. The molecule has 4 rings (SSSR count). The Morgan fingerprint density at radius 2 is 1.94 bits per heavy atom. The first-order chi connectivity index (χ1) is 17.3. The minimum absolute atomic E-state index is 0.0696. The molecular formula is C23H18ClF2N5O4S. The van der Waals surface area contributed by atoms with E-state index in [2.05, 4.69) is 26.3 Å². The van der Waals surface area contributed by atoms with E-state index in [0.717, 1.165) is 0 Å². The van der Waals surface area contributed by atoms with Crippen molar-refractivity contribution in [3.05, 3.63) is 75.4 Å². The summed E-state index contributed by atoms with van der Waals surface area (Å²) >= 11 is 7.46. The van der Waals surface area contributed by atoms with Crippen LogP contribution in [-0.4, -0.2) is 29.2 Å². The van der Waals surface area contributed by atoms with Crippen molar-refractivity contribution in [1.82, 2.24) is 26.3 Å². The van der Waals surface area contributed by atoms with Gasteiger partial charge in [0.25, 0.3) is 5.88 Å². The van der Waals surface area contributed by atoms with Gasteiger partial charge in [-0.2, -0.15) is 11.3 Å². The average Bonchev–Trinajstić information content (AvgIpc) is 3.54. The number of nitrogens with zero attached hydrogens (tertiary/aromatic N) is 2. The Kier molecular flexibility index (Phi) is 7.46. The molecule has 0 fully saturated rings. The molecule has 0 saturated heterocycles. The number of benzene rings is 1. The number of methoxy groups -OCH3 is 1. The number of halogens is 3. The van der Waals surface area contributed by atoms with Crippen LogP contribution in [0.2, 0.25) is 5.02 Å². The van der Waals surface area contributed by atoms with Crippen LogP contribution in [0.5, 0.6) is 5.88 Å². The van der Waals surface area contributed by atoms with Gasteiger partial charge in [0.15, 0.2) is 0 Å². The quantitative estimate of drug-likeness (QED) is 0.296. The number of rotatable bonds is 6. The van der Waals surface area contributed by atoms with Crippen LogP contribution in [0.25, 0.3) is 22.3 Å². The van der Waals surface area contributed by atoms with Crippen molar-refractivity contribution in [2.75, 3.05) is 7.11 Å². The Morgan fingerprint density at radius 3 is 2.61 bits per heavy atom. The van der Waals surface area contributed by atoms with Gasteiger partial charge in [-0.3, -0.25) is 15.2 Å². The third-order valence-corrected chi connectivity index (χ3v) is 5.92. The number of carbonyl (C=O) groups excluding carboxylic acids is 2. The Morgan fingerprint density at radius 1 is 1.14 bits per heavy atom. The van der Waals surface area contributed by atoms with E-state index in [1.54, 1.807) is 16.8 Å². The van der Waals surface area contributed by atoms with E-state index in [-0.39, 0.29) is 27.9 Å². The molecule has 3 aromatic heterocycles. The number of hydrogen-bond acceptors (Lipinski definition) is 7. The number of ether oxygens (including phenoxy) is 1. The van der Waals surface area contributed by atoms with Gasteiger partial charge in [0.2, 0.25) is 5.76 Å². The van der Waals surface area contributed by atoms with Crippen molar-refractivity contribution in [3.8, 4) is 28.1 Å². The van der Waals surface area contributed by atoms with Gasteiger partial charge < -0.3 is 14.6 Å². The zero-order valence-electron chi connectivity index (χ0n) is 18.8. The number of carbonyl (C=O) groups is 2. The predicted octanol–water partition coefficient (Wildman–Crippen LogP) is 5.11. The van der Waals surface area contributed by atoms with Crippen LogP contribution in [-0.2, 0) is 0 Å². The summed E-state index contributed by atoms with van der Waals surface area (Å²) in [5.41, 5.74) is 5.76. The fourth-order valence-electron chi connectivity index (χ4n) is 3.35. The highest BCUT2D eigenvalue weighted by atomic mass is 35.5. The summed E-state index contributed by atoms with van der Waals surface area (Å²) in [7, 11) is 1.35. The second-order valence-corrected chi connectivity index (χ2v) is 8.64. The highest BCUT2D eigenvalue weighted by Gasteiger charge is 2.20. The van der Waals surface area contributed by atoms with Gasteiger partial charge in [-0.1, -0.05) is 11.6 Å². The number of aromatic nitrogens is 2. The molecule has 0 spiro atoms. The lowest BCUT2D eigenvalue weighted by Crippen LogP contribution is -2.47. The van der Waals surface area contributed by atoms with E-state index in [4.69, 9.17) is 20.9 Å². The number of hydrazine groups is 1. The van der Waals surface area contributed by atoms with Gasteiger partial charge >= 0.3 is 11.9 Å². The lowest BCUT2D eigenvalue weighted by Gasteiger charge is -2.16. The third-order valence-electron chi connectivity index (χ3n) is 5.01. The zero-order chi connectivity index (χ0) is 25.8. The number of hydrogen-bond donors (Lipinski definition) is 3. The minimum atomic E-state index is -0.881. The van der Waals surface area contributed by atoms with Gasteiger partial charge in [0.1, 0.15) is 11.6 Å². The molecule has 0 aliphatic carbocycles. The lowest BCUT2D eigenvalue weighted by atomic mass is 9.96. The second-order valence-electron chi connectivity index (χ2n) is 7.42. The van der Waals surface area contributed by atoms with E-state index in [1.165, 1.54) is 55.8 Å². The Hall–Kier alpha value is -4.03. The smallest absolute Gasteiger partial charge is 0.334 e. The number of nitrogens with one attached hydrogen (secondary N) is 3. The molecule has 0 aliphatic rings. The van der Waals surface area contributed by atoms with Crippen LogP contribution in [0, 0.1) is 11.6 Å². The number of pyridine rings is 1. The summed E-state index contributed by atoms with van der Waals surface area (Å²) in [5.74, 6) is -2.15. The number of amides is 3. The molecule has 0 saturated carbocycles. The standard InChI is InChI=1S/C23H18ClF2N5O4S/c1-11(28-23(33)30-29-22(32)18-8-19(34-2)31-35-18)21-17(26)5-13(9-27-21)15-6-14(24)7-16(25)20(15)12-3-4-36-10-12/h3-11H,1-2H3,(H,29,32)(H2,28,30,33)/t11-/m1/s1. The molecule has 0 unspecified atom stereocenters. The molecule has 4 aromatic rings. The van der Waals surface area contributed by atoms with Crippen LogP contribution in [0.1, 0.15) is 29.2 Å². The molecule has 3 heterocycles. The molecule has 186 valence electrons. The number of urea groups is 1. The summed E-state index contributed by atoms with van der Waals surface area (Å²) in [6.07, 6.45) is 1.37. The van der Waals surface area contributed by atoms with E-state index in [0.29, 0.717) is 16.7 Å². The summed E-state index contributed by atoms with van der Waals surface area (Å²) in [5, 5.41) is 9.66. The van der Waals surface area contributed by atoms with Crippen molar-refractivity contribution >= 4 is 34.9 Å². The van der Waals surface area contributed by atoms with Crippen LogP contribution >= 0.6 is 22.9 Å². The first-order valence-electron chi connectivity index (χ1n) is 10.3. The van der Waals surface area contributed by atoms with Gasteiger partial charge in [0.05, 0.1) is 24.9 Å². The Balaban J connectivity index is 1.47. The minimum Gasteiger partial charge on any atom is -0.479 e. The maximum atomic E-state index is 15.0. The van der Waals surface area contributed by atoms with Crippen LogP contribution < -0.4 is 20.9 Å². The summed E-state index contributed by atoms with van der Waals surface area (Å²) in [4.78, 5) is 28.3. The maximum absolute atomic E-state index is 15.0. The van der Waals surface area contributed by atoms with E-state index in [1.807, 2.05) is 0 Å². The van der Waals surface area contributed by atoms with Gasteiger partial charge in [-0.15, -0.1) is 0 Å². The van der Waals surface area contributed by atoms with Crippen molar-refractivity contribution in [3.63, 3.8) is 0 Å². The van der Waals surface area contributed by atoms with E-state index < -0.39 is 29.6 Å². The molecule has 9 nitrogen and oxygen atoms in total. The van der Waals surface area contributed by atoms with Gasteiger partial charge in [0, 0.05) is 22.3 Å². The highest BCUT2D eigenvalue weighted by Crippen LogP contribution is 2.38. The molecule has 0 radical (unpaired) electrons. The first kappa shape index (κ1) is 25.1. The van der Waals surface area contributed by atoms with Crippen molar-refractivity contribution in [2.24, 2.45) is 0 Å². The molecule has 0 aliphatic heterocycles. The molecule has 36 heavy (non-hydrogen) atoms. The van der Waals surface area contributed by atoms with Crippen LogP contribution in [0.15, 0.2) is 51.8 Å². The Labute approximate surface area is 212 Å². The topological polar surface area (TPSA) is 118 Å². The summed E-state index contributed by atoms with van der Waals surface area (Å²) < 4.78 is 39.4. The van der Waals surface area contributed by atoms with Crippen molar-refractivity contribution in [1.29, 1.82) is 0 Å². The van der Waals surface area contributed by atoms with E-state index in [9.17, 15) is 14.0 Å². The molecular weight excluding hydrogens is 516 g/mol. The average molecular weight is 534 g/mol. The monoisotopic (exact) mass is 533 g/mol. The van der Waals surface area contributed by atoms with Gasteiger partial charge in [-0.25, -0.2) is 19.0 Å². The SMILES string of the molecule is COc1cc(C(=O)NNC(=O)N[C@H](C)c2ncc(-c3cc(Cl)cc(F)c3-c3ccsc3)cc2F)on1. The fraction of sp³-hybridized carbons (Fsp3) is 0.130. The van der Waals surface area contributed by atoms with E-state index >= 15 is 4.39 Å². The molecule has 3 amide bonds. The summed E-state index contributed by atoms with van der Waals surface area (Å²) in [6, 6.07) is 5.19. The predicted molar refractivity (Wildman–Crippen MR) is 129 cm³/mol. The number of thiophene rings is 1. The summed E-state index contributed by atoms with van der Waals surface area (Å²) in [6.45, 7) is 1.50. The lowest BCUT2D eigenvalue weighted by molar-refractivity contribution is 0.0898. The first-order valence-corrected chi connectivity index (χ1v) is 11.6. The molecule has 13 heteroatoms. The highest BCUT2D eigenvalue weighted by molar-refractivity contribution is 7.08. The van der Waals surface area contributed by atoms with Crippen molar-refractivity contribution < 1.29 is 27.6 Å². The van der Waals surface area contributed by atoms with Crippen LogP contribution in [0.3, 0.4) is 0 Å². The largest absolute Gasteiger partial charge is 0.479 e. The fourth-order valence-corrected chi connectivity index (χ4v) is 4.21. The van der Waals surface area contributed by atoms with Crippen LogP contribution in [0.4, 0.5) is 13.6 Å². The Bertz CT molecular complexity index is 1410. The zero-order valence-corrected chi connectivity index (χ0v) is 20.3. The molecule has 0 bridgehead atoms. The molecule has 1 atom stereocenters. The normalized spacial score (nSPS) is 11.6. The molecule has 1 aromatic carbocycles. The third kappa shape index (κ3) is 5.44. The second kappa shape index (κ2) is 10.7. The van der Waals surface area contributed by atoms with Crippen molar-refractivity contribution in [2.45, 2.75) is 13.0 Å². The van der Waals surface area contributed by atoms with Gasteiger partial charge in [-0.05, 0) is 58.2 Å². The molecule has 3 N–H and O–H groups in total.